The number of hydrogen-bond acceptors (Lipinski definition) is 0. The monoisotopic (exact) mass is 623 g/mol. The first-order valence-electron chi connectivity index (χ1n) is 19.5. The lowest BCUT2D eigenvalue weighted by Crippen LogP contribution is -2.44. The minimum Gasteiger partial charge on any atom is -0.0622 e. The molecule has 254 valence electrons. The lowest BCUT2D eigenvalue weighted by atomic mass is 9.53. The Hall–Kier alpha value is -1.56. The van der Waals surface area contributed by atoms with Gasteiger partial charge in [0.25, 0.3) is 0 Å². The van der Waals surface area contributed by atoms with Crippen LogP contribution in [0.5, 0.6) is 0 Å². The molecule has 46 heavy (non-hydrogen) atoms. The molecule has 4 aliphatic rings. The molecule has 11 unspecified atom stereocenters. The standard InChI is InChI=1S/C46H70/c1-29-23-32(43(2,3)4)24-39(29)46(11,12)42-37-25-33(30-19-15-13-16-20-30)40(44(5,6)7)27-35(37)36-28-41(45(8,9)10)34(26-38(36)42)31-21-17-14-18-22-31/h13-22,29,32-42H,23-28H2,1-12H3. The highest BCUT2D eigenvalue weighted by Gasteiger charge is 2.63. The Balaban J connectivity index is 1.45. The summed E-state index contributed by atoms with van der Waals surface area (Å²) in [7, 11) is 0. The van der Waals surface area contributed by atoms with Crippen molar-refractivity contribution in [2.24, 2.45) is 80.8 Å². The molecule has 0 radical (unpaired) electrons. The summed E-state index contributed by atoms with van der Waals surface area (Å²) in [6.45, 7) is 31.1. The zero-order chi connectivity index (χ0) is 33.4. The van der Waals surface area contributed by atoms with Gasteiger partial charge < -0.3 is 0 Å². The first kappa shape index (κ1) is 34.3. The van der Waals surface area contributed by atoms with Crippen LogP contribution in [-0.2, 0) is 0 Å². The van der Waals surface area contributed by atoms with Crippen molar-refractivity contribution >= 4 is 0 Å². The van der Waals surface area contributed by atoms with Crippen LogP contribution in [0.4, 0.5) is 0 Å². The number of benzene rings is 2. The average Bonchev–Trinajstić information content (AvgIpc) is 3.54. The molecule has 4 fully saturated rings. The molecule has 0 amide bonds. The van der Waals surface area contributed by atoms with Crippen molar-refractivity contribution in [1.29, 1.82) is 0 Å². The van der Waals surface area contributed by atoms with Gasteiger partial charge in [-0.25, -0.2) is 0 Å². The van der Waals surface area contributed by atoms with Crippen LogP contribution in [0.2, 0.25) is 0 Å². The van der Waals surface area contributed by atoms with E-state index in [2.05, 4.69) is 144 Å². The molecule has 0 heterocycles. The topological polar surface area (TPSA) is 0 Å². The van der Waals surface area contributed by atoms with Gasteiger partial charge in [0.05, 0.1) is 0 Å². The molecule has 0 aromatic heterocycles. The minimum atomic E-state index is 0.319. The van der Waals surface area contributed by atoms with Crippen LogP contribution >= 0.6 is 0 Å². The van der Waals surface area contributed by atoms with Crippen LogP contribution in [0.3, 0.4) is 0 Å². The molecule has 11 atom stereocenters. The summed E-state index contributed by atoms with van der Waals surface area (Å²) in [4.78, 5) is 0. The third kappa shape index (κ3) is 6.20. The maximum Gasteiger partial charge on any atom is -0.0126 e. The molecule has 4 aliphatic carbocycles. The van der Waals surface area contributed by atoms with E-state index in [4.69, 9.17) is 0 Å². The van der Waals surface area contributed by atoms with E-state index < -0.39 is 0 Å². The molecule has 2 aromatic carbocycles. The number of fused-ring (bicyclic) bond motifs is 3. The van der Waals surface area contributed by atoms with Crippen molar-refractivity contribution < 1.29 is 0 Å². The first-order valence-corrected chi connectivity index (χ1v) is 19.5. The van der Waals surface area contributed by atoms with Gasteiger partial charge in [-0.3, -0.25) is 0 Å². The summed E-state index contributed by atoms with van der Waals surface area (Å²) in [6.07, 6.45) is 8.51. The van der Waals surface area contributed by atoms with E-state index in [1.165, 1.54) is 38.5 Å². The fraction of sp³-hybridized carbons (Fsp3) is 0.739. The fourth-order valence-corrected chi connectivity index (χ4v) is 13.1. The van der Waals surface area contributed by atoms with Crippen LogP contribution in [0.1, 0.15) is 145 Å². The SMILES string of the molecule is CC1CC(C(C)(C)C)CC1C(C)(C)C1C2CC(c3ccccc3)C(C(C)(C)C)CC2C2CC(C(C)(C)C)C(c3ccccc3)CC21. The Labute approximate surface area is 285 Å². The zero-order valence-corrected chi connectivity index (χ0v) is 31.9. The summed E-state index contributed by atoms with van der Waals surface area (Å²) in [6, 6.07) is 23.6. The van der Waals surface area contributed by atoms with E-state index in [1.807, 2.05) is 0 Å². The second-order valence-electron chi connectivity index (χ2n) is 21.0. The van der Waals surface area contributed by atoms with Gasteiger partial charge in [-0.1, -0.05) is 144 Å². The van der Waals surface area contributed by atoms with Gasteiger partial charge in [-0.2, -0.15) is 0 Å². The molecule has 6 rings (SSSR count). The molecular formula is C46H70. The van der Waals surface area contributed by atoms with Crippen molar-refractivity contribution in [1.82, 2.24) is 0 Å². The van der Waals surface area contributed by atoms with Gasteiger partial charge >= 0.3 is 0 Å². The Bertz CT molecular complexity index is 1220. The van der Waals surface area contributed by atoms with E-state index >= 15 is 0 Å². The zero-order valence-electron chi connectivity index (χ0n) is 31.9. The van der Waals surface area contributed by atoms with Crippen molar-refractivity contribution in [3.8, 4) is 0 Å². The second kappa shape index (κ2) is 12.1. The lowest BCUT2D eigenvalue weighted by molar-refractivity contribution is -0.00879. The molecule has 0 saturated heterocycles. The van der Waals surface area contributed by atoms with Gasteiger partial charge in [-0.05, 0) is 142 Å². The van der Waals surface area contributed by atoms with Gasteiger partial charge in [0.2, 0.25) is 0 Å². The molecule has 0 heteroatoms. The van der Waals surface area contributed by atoms with Crippen molar-refractivity contribution in [2.75, 3.05) is 0 Å². The smallest absolute Gasteiger partial charge is 0.0126 e. The van der Waals surface area contributed by atoms with Gasteiger partial charge in [0.1, 0.15) is 0 Å². The molecule has 0 nitrogen and oxygen atoms in total. The van der Waals surface area contributed by atoms with E-state index in [0.29, 0.717) is 33.5 Å². The predicted molar refractivity (Wildman–Crippen MR) is 199 cm³/mol. The summed E-state index contributed by atoms with van der Waals surface area (Å²) >= 11 is 0. The molecular weight excluding hydrogens is 553 g/mol. The van der Waals surface area contributed by atoms with Crippen LogP contribution in [0, 0.1) is 80.8 Å². The Morgan fingerprint density at radius 2 is 0.848 bits per heavy atom. The molecule has 4 saturated carbocycles. The Morgan fingerprint density at radius 1 is 0.435 bits per heavy atom. The quantitative estimate of drug-likeness (QED) is 0.318. The van der Waals surface area contributed by atoms with E-state index in [0.717, 1.165) is 59.2 Å². The molecule has 0 N–H and O–H groups in total. The minimum absolute atomic E-state index is 0.319. The average molecular weight is 623 g/mol. The largest absolute Gasteiger partial charge is 0.0622 e. The molecule has 0 bridgehead atoms. The maximum atomic E-state index is 2.78. The summed E-state index contributed by atoms with van der Waals surface area (Å²) in [5.41, 5.74) is 4.63. The number of rotatable bonds is 4. The van der Waals surface area contributed by atoms with Gasteiger partial charge in [0, 0.05) is 0 Å². The summed E-state index contributed by atoms with van der Waals surface area (Å²) in [5, 5.41) is 0. The summed E-state index contributed by atoms with van der Waals surface area (Å²) in [5.74, 6) is 9.56. The van der Waals surface area contributed by atoms with Gasteiger partial charge in [0.15, 0.2) is 0 Å². The lowest BCUT2D eigenvalue weighted by Gasteiger charge is -2.51. The predicted octanol–water partition coefficient (Wildman–Crippen LogP) is 13.3. The van der Waals surface area contributed by atoms with Crippen molar-refractivity contribution in [3.63, 3.8) is 0 Å². The van der Waals surface area contributed by atoms with Crippen LogP contribution in [0.25, 0.3) is 0 Å². The van der Waals surface area contributed by atoms with E-state index in [1.54, 1.807) is 11.1 Å². The van der Waals surface area contributed by atoms with Crippen LogP contribution in [0.15, 0.2) is 60.7 Å². The first-order chi connectivity index (χ1) is 21.4. The van der Waals surface area contributed by atoms with Crippen LogP contribution < -0.4 is 0 Å². The highest BCUT2D eigenvalue weighted by molar-refractivity contribution is 5.26. The second-order valence-corrected chi connectivity index (χ2v) is 21.0. The molecule has 2 aromatic rings. The van der Waals surface area contributed by atoms with Gasteiger partial charge in [-0.15, -0.1) is 0 Å². The molecule has 0 aliphatic heterocycles. The highest BCUT2D eigenvalue weighted by Crippen LogP contribution is 2.71. The number of hydrogen-bond donors (Lipinski definition) is 0. The fourth-order valence-electron chi connectivity index (χ4n) is 13.1. The van der Waals surface area contributed by atoms with E-state index in [9.17, 15) is 0 Å². The Morgan fingerprint density at radius 3 is 1.20 bits per heavy atom. The maximum absolute atomic E-state index is 2.78. The highest BCUT2D eigenvalue weighted by atomic mass is 14.7. The summed E-state index contributed by atoms with van der Waals surface area (Å²) < 4.78 is 0. The third-order valence-electron chi connectivity index (χ3n) is 15.2. The normalized spacial score (nSPS) is 38.8. The Kier molecular flexibility index (Phi) is 9.02. The molecule has 0 spiro atoms. The van der Waals surface area contributed by atoms with Crippen LogP contribution in [-0.4, -0.2) is 0 Å². The van der Waals surface area contributed by atoms with E-state index in [-0.39, 0.29) is 0 Å². The van der Waals surface area contributed by atoms with Crippen molar-refractivity contribution in [3.05, 3.63) is 71.8 Å². The third-order valence-corrected chi connectivity index (χ3v) is 15.2. The van der Waals surface area contributed by atoms with Crippen molar-refractivity contribution in [2.45, 2.75) is 133 Å².